The minimum Gasteiger partial charge on any atom is -0.490 e. The Labute approximate surface area is 204 Å². The van der Waals surface area contributed by atoms with Crippen LogP contribution < -0.4 is 19.9 Å². The van der Waals surface area contributed by atoms with E-state index in [2.05, 4.69) is 40.3 Å². The Morgan fingerprint density at radius 3 is 2.39 bits per heavy atom. The van der Waals surface area contributed by atoms with E-state index >= 15 is 0 Å². The third-order valence-corrected chi connectivity index (χ3v) is 6.52. The average Bonchev–Trinajstić information content (AvgIpc) is 2.76. The predicted molar refractivity (Wildman–Crippen MR) is 134 cm³/mol. The molecule has 0 atom stereocenters. The number of ether oxygens (including phenoxy) is 2. The van der Waals surface area contributed by atoms with Gasteiger partial charge in [-0.1, -0.05) is 42.0 Å². The maximum absolute atomic E-state index is 11.4. The molecule has 0 fully saturated rings. The fourth-order valence-corrected chi connectivity index (χ4v) is 4.51. The van der Waals surface area contributed by atoms with E-state index in [-0.39, 0.29) is 4.90 Å². The Kier molecular flexibility index (Phi) is 8.91. The molecule has 0 unspecified atom stereocenters. The van der Waals surface area contributed by atoms with Crippen molar-refractivity contribution in [1.29, 1.82) is 0 Å². The molecule has 0 heterocycles. The molecule has 0 saturated carbocycles. The molecule has 176 valence electrons. The van der Waals surface area contributed by atoms with Crippen LogP contribution in [0.15, 0.2) is 70.0 Å². The molecule has 0 bridgehead atoms. The van der Waals surface area contributed by atoms with Gasteiger partial charge >= 0.3 is 0 Å². The van der Waals surface area contributed by atoms with Crippen LogP contribution in [0.2, 0.25) is 0 Å². The molecule has 6 nitrogen and oxygen atoms in total. The van der Waals surface area contributed by atoms with Crippen molar-refractivity contribution in [3.05, 3.63) is 87.4 Å². The molecule has 0 aliphatic carbocycles. The summed E-state index contributed by atoms with van der Waals surface area (Å²) in [5.41, 5.74) is 4.40. The summed E-state index contributed by atoms with van der Waals surface area (Å²) in [6.45, 7) is 6.41. The third-order valence-electron chi connectivity index (χ3n) is 5.01. The molecule has 0 aliphatic rings. The molecule has 0 amide bonds. The highest BCUT2D eigenvalue weighted by atomic mass is 79.9. The molecular formula is C25H29BrN2O4S. The summed E-state index contributed by atoms with van der Waals surface area (Å²) in [4.78, 5) is 0.122. The van der Waals surface area contributed by atoms with Crippen molar-refractivity contribution < 1.29 is 17.9 Å². The molecule has 3 aromatic rings. The zero-order valence-electron chi connectivity index (χ0n) is 18.8. The number of nitrogens with two attached hydrogens (primary N) is 1. The average molecular weight is 533 g/mol. The number of hydrogen-bond donors (Lipinski definition) is 2. The summed E-state index contributed by atoms with van der Waals surface area (Å²) in [7, 11) is -3.66. The van der Waals surface area contributed by atoms with Gasteiger partial charge in [0.05, 0.1) is 16.0 Å². The van der Waals surface area contributed by atoms with Gasteiger partial charge in [-0.05, 0) is 83.7 Å². The SMILES string of the molecule is CCOc1cc(CNCCc2ccc(S(N)(=O)=O)cc2)cc(Br)c1OCc1cccc(C)c1. The second kappa shape index (κ2) is 11.7. The maximum Gasteiger partial charge on any atom is 0.238 e. The van der Waals surface area contributed by atoms with E-state index in [9.17, 15) is 8.42 Å². The van der Waals surface area contributed by atoms with Crippen LogP contribution in [-0.2, 0) is 29.6 Å². The van der Waals surface area contributed by atoms with Gasteiger partial charge in [0.1, 0.15) is 6.61 Å². The van der Waals surface area contributed by atoms with Crippen LogP contribution in [0, 0.1) is 6.92 Å². The van der Waals surface area contributed by atoms with E-state index in [1.807, 2.05) is 31.2 Å². The van der Waals surface area contributed by atoms with Crippen LogP contribution in [0.5, 0.6) is 11.5 Å². The van der Waals surface area contributed by atoms with Crippen LogP contribution in [0.4, 0.5) is 0 Å². The third kappa shape index (κ3) is 7.57. The molecule has 3 rings (SSSR count). The highest BCUT2D eigenvalue weighted by Crippen LogP contribution is 2.37. The Morgan fingerprint density at radius 1 is 0.970 bits per heavy atom. The highest BCUT2D eigenvalue weighted by Gasteiger charge is 2.13. The lowest BCUT2D eigenvalue weighted by atomic mass is 10.1. The Morgan fingerprint density at radius 2 is 1.73 bits per heavy atom. The first-order chi connectivity index (χ1) is 15.8. The van der Waals surface area contributed by atoms with E-state index in [4.69, 9.17) is 14.6 Å². The van der Waals surface area contributed by atoms with Crippen molar-refractivity contribution in [2.24, 2.45) is 5.14 Å². The summed E-state index contributed by atoms with van der Waals surface area (Å²) in [6, 6.07) is 18.9. The minimum absolute atomic E-state index is 0.122. The molecule has 0 radical (unpaired) electrons. The number of aryl methyl sites for hydroxylation is 1. The molecule has 3 N–H and O–H groups in total. The van der Waals surface area contributed by atoms with Gasteiger partial charge in [-0.3, -0.25) is 0 Å². The Balaban J connectivity index is 1.59. The number of benzene rings is 3. The largest absolute Gasteiger partial charge is 0.490 e. The fourth-order valence-electron chi connectivity index (χ4n) is 3.40. The number of sulfonamides is 1. The lowest BCUT2D eigenvalue weighted by Gasteiger charge is -2.16. The van der Waals surface area contributed by atoms with Crippen molar-refractivity contribution >= 4 is 26.0 Å². The molecule has 33 heavy (non-hydrogen) atoms. The monoisotopic (exact) mass is 532 g/mol. The van der Waals surface area contributed by atoms with E-state index in [0.29, 0.717) is 31.3 Å². The quantitative estimate of drug-likeness (QED) is 0.349. The van der Waals surface area contributed by atoms with E-state index in [1.165, 1.54) is 17.7 Å². The second-order valence-corrected chi connectivity index (χ2v) is 10.1. The van der Waals surface area contributed by atoms with Crippen LogP contribution >= 0.6 is 15.9 Å². The molecule has 0 saturated heterocycles. The topological polar surface area (TPSA) is 90.6 Å². The maximum atomic E-state index is 11.4. The fraction of sp³-hybridized carbons (Fsp3) is 0.280. The predicted octanol–water partition coefficient (Wildman–Crippen LogP) is 4.71. The Hall–Kier alpha value is -2.39. The zero-order valence-corrected chi connectivity index (χ0v) is 21.2. The van der Waals surface area contributed by atoms with Gasteiger partial charge in [-0.15, -0.1) is 0 Å². The van der Waals surface area contributed by atoms with Gasteiger partial charge in [-0.2, -0.15) is 0 Å². The summed E-state index contributed by atoms with van der Waals surface area (Å²) >= 11 is 3.63. The zero-order chi connectivity index (χ0) is 23.8. The van der Waals surface area contributed by atoms with Gasteiger partial charge in [0, 0.05) is 6.54 Å². The molecule has 0 spiro atoms. The van der Waals surface area contributed by atoms with Gasteiger partial charge in [0.2, 0.25) is 10.0 Å². The van der Waals surface area contributed by atoms with E-state index < -0.39 is 10.0 Å². The minimum atomic E-state index is -3.66. The Bertz CT molecular complexity index is 1180. The van der Waals surface area contributed by atoms with Crippen molar-refractivity contribution in [2.45, 2.75) is 38.3 Å². The van der Waals surface area contributed by atoms with Gasteiger partial charge in [0.25, 0.3) is 0 Å². The summed E-state index contributed by atoms with van der Waals surface area (Å²) in [5.74, 6) is 1.40. The summed E-state index contributed by atoms with van der Waals surface area (Å²) < 4.78 is 35.5. The molecule has 8 heteroatoms. The van der Waals surface area contributed by atoms with Crippen molar-refractivity contribution in [3.8, 4) is 11.5 Å². The van der Waals surface area contributed by atoms with Crippen molar-refractivity contribution in [3.63, 3.8) is 0 Å². The standard InChI is InChI=1S/C25H29BrN2O4S/c1-3-31-24-15-21(14-23(26)25(24)32-17-20-6-4-5-18(2)13-20)16-28-12-11-19-7-9-22(10-8-19)33(27,29)30/h4-10,13-15,28H,3,11-12,16-17H2,1-2H3,(H2,27,29,30). The van der Waals surface area contributed by atoms with Crippen LogP contribution in [-0.4, -0.2) is 21.6 Å². The molecule has 3 aromatic carbocycles. The first kappa shape index (κ1) is 25.2. The molecule has 0 aliphatic heterocycles. The van der Waals surface area contributed by atoms with E-state index in [1.54, 1.807) is 12.1 Å². The van der Waals surface area contributed by atoms with Gasteiger partial charge in [-0.25, -0.2) is 13.6 Å². The first-order valence-corrected chi connectivity index (χ1v) is 13.1. The van der Waals surface area contributed by atoms with Gasteiger partial charge < -0.3 is 14.8 Å². The number of halogens is 1. The smallest absolute Gasteiger partial charge is 0.238 e. The summed E-state index contributed by atoms with van der Waals surface area (Å²) in [6.07, 6.45) is 0.766. The lowest BCUT2D eigenvalue weighted by Crippen LogP contribution is -2.17. The number of rotatable bonds is 11. The van der Waals surface area contributed by atoms with E-state index in [0.717, 1.165) is 34.1 Å². The lowest BCUT2D eigenvalue weighted by molar-refractivity contribution is 0.267. The first-order valence-electron chi connectivity index (χ1n) is 10.7. The summed E-state index contributed by atoms with van der Waals surface area (Å²) in [5, 5.41) is 8.56. The second-order valence-electron chi connectivity index (χ2n) is 7.73. The van der Waals surface area contributed by atoms with Crippen molar-refractivity contribution in [1.82, 2.24) is 5.32 Å². The number of primary sulfonamides is 1. The van der Waals surface area contributed by atoms with Crippen LogP contribution in [0.25, 0.3) is 0 Å². The van der Waals surface area contributed by atoms with Crippen LogP contribution in [0.1, 0.15) is 29.2 Å². The molecule has 0 aromatic heterocycles. The number of nitrogens with one attached hydrogen (secondary N) is 1. The molecular weight excluding hydrogens is 504 g/mol. The van der Waals surface area contributed by atoms with Crippen molar-refractivity contribution in [2.75, 3.05) is 13.2 Å². The normalized spacial score (nSPS) is 11.4. The van der Waals surface area contributed by atoms with Gasteiger partial charge in [0.15, 0.2) is 11.5 Å². The number of hydrogen-bond acceptors (Lipinski definition) is 5. The highest BCUT2D eigenvalue weighted by molar-refractivity contribution is 9.10. The van der Waals surface area contributed by atoms with Crippen LogP contribution in [0.3, 0.4) is 0 Å².